The molecule has 0 spiro atoms. The highest BCUT2D eigenvalue weighted by Crippen LogP contribution is 2.12. The van der Waals surface area contributed by atoms with Gasteiger partial charge in [0.25, 0.3) is 0 Å². The van der Waals surface area contributed by atoms with E-state index in [1.54, 1.807) is 23.5 Å². The molecule has 3 rings (SSSR count). The number of aromatic nitrogens is 2. The van der Waals surface area contributed by atoms with E-state index in [0.29, 0.717) is 5.69 Å². The largest absolute Gasteiger partial charge is 0.459 e. The molecular weight excluding hydrogens is 274 g/mol. The second kappa shape index (κ2) is 5.34. The minimum atomic E-state index is -0.285. The number of nitrogens with zero attached hydrogens (tertiary/aromatic N) is 2. The summed E-state index contributed by atoms with van der Waals surface area (Å²) in [6.07, 6.45) is 4.00. The molecule has 0 radical (unpaired) electrons. The topological polar surface area (TPSA) is 69.6 Å². The summed E-state index contributed by atoms with van der Waals surface area (Å²) in [5, 5.41) is 1.96. The zero-order valence-electron chi connectivity index (χ0n) is 10.7. The third-order valence-electron chi connectivity index (χ3n) is 2.82. The fourth-order valence-electron chi connectivity index (χ4n) is 1.92. The Morgan fingerprint density at radius 3 is 3.15 bits per heavy atom. The van der Waals surface area contributed by atoms with Crippen LogP contribution in [0.3, 0.4) is 0 Å². The molecule has 2 heterocycles. The van der Waals surface area contributed by atoms with Crippen molar-refractivity contribution >= 4 is 28.0 Å². The first-order valence-electron chi connectivity index (χ1n) is 6.12. The van der Waals surface area contributed by atoms with Crippen LogP contribution in [0.5, 0.6) is 0 Å². The van der Waals surface area contributed by atoms with Crippen LogP contribution in [0.4, 0.5) is 5.69 Å². The van der Waals surface area contributed by atoms with Crippen molar-refractivity contribution in [1.29, 1.82) is 0 Å². The zero-order chi connectivity index (χ0) is 13.9. The van der Waals surface area contributed by atoms with Gasteiger partial charge in [0.2, 0.25) is 0 Å². The van der Waals surface area contributed by atoms with Crippen LogP contribution < -0.4 is 5.73 Å². The number of nitrogen functional groups attached to an aromatic ring is 1. The standard InChI is InChI=1S/C14H13N3O2S/c15-11-3-1-2-10(6-11)7-13(18)19-9-12-8-17-4-5-20-14(17)16-12/h1-6,8H,7,9,15H2. The smallest absolute Gasteiger partial charge is 0.310 e. The van der Waals surface area contributed by atoms with E-state index < -0.39 is 0 Å². The van der Waals surface area contributed by atoms with Gasteiger partial charge in [-0.3, -0.25) is 9.20 Å². The molecule has 5 nitrogen and oxygen atoms in total. The summed E-state index contributed by atoms with van der Waals surface area (Å²) in [5.74, 6) is -0.285. The van der Waals surface area contributed by atoms with Crippen molar-refractivity contribution in [2.75, 3.05) is 5.73 Å². The SMILES string of the molecule is Nc1cccc(CC(=O)OCc2cn3ccsc3n2)c1. The predicted octanol–water partition coefficient (Wildman–Crippen LogP) is 2.26. The molecule has 0 amide bonds. The summed E-state index contributed by atoms with van der Waals surface area (Å²) in [5.41, 5.74) is 7.91. The quantitative estimate of drug-likeness (QED) is 0.590. The number of imidazole rings is 1. The van der Waals surface area contributed by atoms with Gasteiger partial charge in [-0.15, -0.1) is 11.3 Å². The predicted molar refractivity (Wildman–Crippen MR) is 77.4 cm³/mol. The molecule has 0 saturated heterocycles. The van der Waals surface area contributed by atoms with Gasteiger partial charge in [-0.25, -0.2) is 4.98 Å². The Kier molecular flexibility index (Phi) is 3.39. The van der Waals surface area contributed by atoms with E-state index in [4.69, 9.17) is 10.5 Å². The zero-order valence-corrected chi connectivity index (χ0v) is 11.5. The van der Waals surface area contributed by atoms with Gasteiger partial charge >= 0.3 is 5.97 Å². The highest BCUT2D eigenvalue weighted by Gasteiger charge is 2.08. The number of carbonyl (C=O) groups excluding carboxylic acids is 1. The number of ether oxygens (including phenoxy) is 1. The molecule has 2 aromatic heterocycles. The number of thiazole rings is 1. The van der Waals surface area contributed by atoms with E-state index in [-0.39, 0.29) is 19.0 Å². The number of nitrogens with two attached hydrogens (primary N) is 1. The number of carbonyl (C=O) groups is 1. The Morgan fingerprint density at radius 2 is 2.35 bits per heavy atom. The van der Waals surface area contributed by atoms with E-state index >= 15 is 0 Å². The van der Waals surface area contributed by atoms with Gasteiger partial charge in [0.15, 0.2) is 4.96 Å². The third-order valence-corrected chi connectivity index (χ3v) is 3.59. The monoisotopic (exact) mass is 287 g/mol. The van der Waals surface area contributed by atoms with Crippen LogP contribution in [0.15, 0.2) is 42.0 Å². The first kappa shape index (κ1) is 12.7. The van der Waals surface area contributed by atoms with Gasteiger partial charge in [-0.2, -0.15) is 0 Å². The lowest BCUT2D eigenvalue weighted by Crippen LogP contribution is -2.08. The molecule has 2 N–H and O–H groups in total. The normalized spacial score (nSPS) is 10.8. The highest BCUT2D eigenvalue weighted by atomic mass is 32.1. The molecule has 0 aliphatic rings. The number of rotatable bonds is 4. The molecule has 0 aliphatic heterocycles. The van der Waals surface area contributed by atoms with E-state index in [1.165, 1.54) is 0 Å². The Bertz CT molecular complexity index is 719. The van der Waals surface area contributed by atoms with Crippen LogP contribution >= 0.6 is 11.3 Å². The average Bonchev–Trinajstić information content (AvgIpc) is 2.97. The molecule has 0 atom stereocenters. The number of anilines is 1. The number of esters is 1. The lowest BCUT2D eigenvalue weighted by molar-refractivity contribution is -0.144. The van der Waals surface area contributed by atoms with Crippen molar-refractivity contribution < 1.29 is 9.53 Å². The molecule has 6 heteroatoms. The van der Waals surface area contributed by atoms with Gasteiger partial charge in [0.05, 0.1) is 12.1 Å². The molecule has 0 saturated carbocycles. The number of hydrogen-bond acceptors (Lipinski definition) is 5. The molecule has 0 unspecified atom stereocenters. The van der Waals surface area contributed by atoms with Crippen LogP contribution in [0.1, 0.15) is 11.3 Å². The van der Waals surface area contributed by atoms with Crippen molar-refractivity contribution in [3.8, 4) is 0 Å². The van der Waals surface area contributed by atoms with E-state index in [2.05, 4.69) is 4.98 Å². The molecule has 20 heavy (non-hydrogen) atoms. The van der Waals surface area contributed by atoms with Crippen molar-refractivity contribution in [3.05, 3.63) is 53.3 Å². The summed E-state index contributed by atoms with van der Waals surface area (Å²) >= 11 is 1.54. The minimum absolute atomic E-state index is 0.190. The van der Waals surface area contributed by atoms with Gasteiger partial charge in [-0.1, -0.05) is 12.1 Å². The highest BCUT2D eigenvalue weighted by molar-refractivity contribution is 7.15. The summed E-state index contributed by atoms with van der Waals surface area (Å²) in [4.78, 5) is 17.0. The maximum absolute atomic E-state index is 11.8. The van der Waals surface area contributed by atoms with Crippen LogP contribution in [-0.2, 0) is 22.6 Å². The maximum atomic E-state index is 11.8. The lowest BCUT2D eigenvalue weighted by Gasteiger charge is -2.03. The van der Waals surface area contributed by atoms with Crippen LogP contribution in [0.2, 0.25) is 0 Å². The molecule has 1 aromatic carbocycles. The summed E-state index contributed by atoms with van der Waals surface area (Å²) in [6, 6.07) is 7.23. The van der Waals surface area contributed by atoms with Gasteiger partial charge in [-0.05, 0) is 17.7 Å². The molecular formula is C14H13N3O2S. The van der Waals surface area contributed by atoms with Gasteiger partial charge < -0.3 is 10.5 Å². The fourth-order valence-corrected chi connectivity index (χ4v) is 2.64. The van der Waals surface area contributed by atoms with Crippen molar-refractivity contribution in [3.63, 3.8) is 0 Å². The summed E-state index contributed by atoms with van der Waals surface area (Å²) in [7, 11) is 0. The first-order valence-corrected chi connectivity index (χ1v) is 7.00. The van der Waals surface area contributed by atoms with Crippen LogP contribution in [0, 0.1) is 0 Å². The van der Waals surface area contributed by atoms with E-state index in [0.717, 1.165) is 16.2 Å². The Balaban J connectivity index is 1.58. The third kappa shape index (κ3) is 2.80. The van der Waals surface area contributed by atoms with Crippen LogP contribution in [-0.4, -0.2) is 15.4 Å². The maximum Gasteiger partial charge on any atom is 0.310 e. The van der Waals surface area contributed by atoms with Gasteiger partial charge in [0, 0.05) is 23.5 Å². The Labute approximate surface area is 119 Å². The van der Waals surface area contributed by atoms with Crippen molar-refractivity contribution in [2.45, 2.75) is 13.0 Å². The second-order valence-corrected chi connectivity index (χ2v) is 5.28. The second-order valence-electron chi connectivity index (χ2n) is 4.41. The van der Waals surface area contributed by atoms with Gasteiger partial charge in [0.1, 0.15) is 6.61 Å². The minimum Gasteiger partial charge on any atom is -0.459 e. The molecule has 0 bridgehead atoms. The fraction of sp³-hybridized carbons (Fsp3) is 0.143. The molecule has 3 aromatic rings. The molecule has 0 aliphatic carbocycles. The van der Waals surface area contributed by atoms with E-state index in [9.17, 15) is 4.79 Å². The van der Waals surface area contributed by atoms with Crippen molar-refractivity contribution in [1.82, 2.24) is 9.38 Å². The van der Waals surface area contributed by atoms with Crippen LogP contribution in [0.25, 0.3) is 4.96 Å². The number of fused-ring (bicyclic) bond motifs is 1. The van der Waals surface area contributed by atoms with E-state index in [1.807, 2.05) is 34.3 Å². The number of benzene rings is 1. The first-order chi connectivity index (χ1) is 9.70. The average molecular weight is 287 g/mol. The molecule has 102 valence electrons. The summed E-state index contributed by atoms with van der Waals surface area (Å²) in [6.45, 7) is 0.190. The Hall–Kier alpha value is -2.34. The lowest BCUT2D eigenvalue weighted by atomic mass is 10.1. The number of hydrogen-bond donors (Lipinski definition) is 1. The molecule has 0 fully saturated rings. The van der Waals surface area contributed by atoms with Crippen molar-refractivity contribution in [2.24, 2.45) is 0 Å². The summed E-state index contributed by atoms with van der Waals surface area (Å²) < 4.78 is 7.13. The Morgan fingerprint density at radius 1 is 1.45 bits per heavy atom.